The number of amides is 2. The lowest BCUT2D eigenvalue weighted by atomic mass is 9.88. The second-order valence-electron chi connectivity index (χ2n) is 8.63. The fourth-order valence-electron chi connectivity index (χ4n) is 3.91. The molecule has 0 radical (unpaired) electrons. The molecule has 1 aromatic carbocycles. The summed E-state index contributed by atoms with van der Waals surface area (Å²) in [5.74, 6) is 0.327. The highest BCUT2D eigenvalue weighted by Crippen LogP contribution is 2.40. The normalized spacial score (nSPS) is 15.9. The topological polar surface area (TPSA) is 97.0 Å². The molecule has 1 aliphatic carbocycles. The third kappa shape index (κ3) is 6.15. The maximum atomic E-state index is 13.0. The molecule has 9 heteroatoms. The summed E-state index contributed by atoms with van der Waals surface area (Å²) in [7, 11) is 3.29. The van der Waals surface area contributed by atoms with Gasteiger partial charge in [0.05, 0.1) is 31.9 Å². The lowest BCUT2D eigenvalue weighted by Gasteiger charge is -2.23. The van der Waals surface area contributed by atoms with Crippen LogP contribution in [-0.4, -0.2) is 56.0 Å². The highest BCUT2D eigenvalue weighted by atomic mass is 32.1. The first-order valence-electron chi connectivity index (χ1n) is 11.5. The van der Waals surface area contributed by atoms with E-state index in [2.05, 4.69) is 17.6 Å². The molecule has 1 aliphatic rings. The van der Waals surface area contributed by atoms with E-state index in [0.717, 1.165) is 29.7 Å². The molecule has 0 saturated carbocycles. The van der Waals surface area contributed by atoms with Crippen LogP contribution in [0.25, 0.3) is 0 Å². The Morgan fingerprint density at radius 2 is 1.91 bits per heavy atom. The molecule has 0 spiro atoms. The van der Waals surface area contributed by atoms with Crippen LogP contribution in [0, 0.1) is 5.92 Å². The number of rotatable bonds is 9. The van der Waals surface area contributed by atoms with Crippen LogP contribution >= 0.6 is 11.3 Å². The van der Waals surface area contributed by atoms with Crippen molar-refractivity contribution in [1.29, 1.82) is 0 Å². The second-order valence-corrected chi connectivity index (χ2v) is 9.74. The number of benzene rings is 1. The van der Waals surface area contributed by atoms with E-state index in [1.54, 1.807) is 57.2 Å². The Morgan fingerprint density at radius 3 is 2.56 bits per heavy atom. The molecule has 2 N–H and O–H groups in total. The van der Waals surface area contributed by atoms with Crippen molar-refractivity contribution in [2.24, 2.45) is 5.92 Å². The number of likely N-dealkylation sites (N-methyl/N-ethyl adjacent to an activating group) is 1. The smallest absolute Gasteiger partial charge is 0.341 e. The number of carbonyl (C=O) groups excluding carboxylic acids is 3. The number of hydrogen-bond acceptors (Lipinski definition) is 7. The van der Waals surface area contributed by atoms with Gasteiger partial charge in [-0.15, -0.1) is 11.3 Å². The monoisotopic (exact) mass is 487 g/mol. The van der Waals surface area contributed by atoms with Crippen LogP contribution in [0.5, 0.6) is 5.75 Å². The van der Waals surface area contributed by atoms with Gasteiger partial charge in [-0.05, 0) is 75.9 Å². The first-order chi connectivity index (χ1) is 16.2. The summed E-state index contributed by atoms with van der Waals surface area (Å²) in [6.07, 6.45) is 2.70. The number of methoxy groups -OCH3 is 1. The molecule has 0 aliphatic heterocycles. The molecule has 34 heavy (non-hydrogen) atoms. The number of esters is 1. The van der Waals surface area contributed by atoms with Crippen LogP contribution in [0.2, 0.25) is 0 Å². The van der Waals surface area contributed by atoms with Crippen molar-refractivity contribution >= 4 is 39.8 Å². The Hall–Kier alpha value is -2.91. The highest BCUT2D eigenvalue weighted by Gasteiger charge is 2.30. The average molecular weight is 488 g/mol. The SMILES string of the molecule is CCOC(=O)c1c(NC(=O)[C@@H](C)N(C)CC(=O)Nc2ccc(OC)cc2)sc2c1CC[C@H](C)C2. The standard InChI is InChI=1S/C25H33N3O5S/c1-6-33-25(31)22-19-12-7-15(2)13-20(19)34-24(22)27-23(30)16(3)28(4)14-21(29)26-17-8-10-18(32-5)11-9-17/h8-11,15-16H,6-7,12-14H2,1-5H3,(H,26,29)(H,27,30)/t15-,16+/m0/s1. The van der Waals surface area contributed by atoms with E-state index < -0.39 is 12.0 Å². The number of ether oxygens (including phenoxy) is 2. The van der Waals surface area contributed by atoms with E-state index in [0.29, 0.717) is 27.9 Å². The van der Waals surface area contributed by atoms with Gasteiger partial charge in [-0.3, -0.25) is 14.5 Å². The number of carbonyl (C=O) groups is 3. The maximum Gasteiger partial charge on any atom is 0.341 e. The molecule has 2 amide bonds. The lowest BCUT2D eigenvalue weighted by molar-refractivity contribution is -0.122. The molecule has 0 unspecified atom stereocenters. The Balaban J connectivity index is 1.66. The molecule has 8 nitrogen and oxygen atoms in total. The van der Waals surface area contributed by atoms with Crippen molar-refractivity contribution in [1.82, 2.24) is 4.90 Å². The largest absolute Gasteiger partial charge is 0.497 e. The average Bonchev–Trinajstić information content (AvgIpc) is 3.15. The summed E-state index contributed by atoms with van der Waals surface area (Å²) < 4.78 is 10.4. The van der Waals surface area contributed by atoms with Gasteiger partial charge in [-0.2, -0.15) is 0 Å². The molecular formula is C25H33N3O5S. The van der Waals surface area contributed by atoms with E-state index in [-0.39, 0.29) is 25.0 Å². The molecule has 1 aromatic heterocycles. The predicted octanol–water partition coefficient (Wildman–Crippen LogP) is 3.96. The zero-order valence-corrected chi connectivity index (χ0v) is 21.2. The summed E-state index contributed by atoms with van der Waals surface area (Å²) in [5, 5.41) is 6.28. The van der Waals surface area contributed by atoms with Crippen molar-refractivity contribution in [3.8, 4) is 5.75 Å². The first-order valence-corrected chi connectivity index (χ1v) is 12.3. The number of thiophene rings is 1. The van der Waals surface area contributed by atoms with E-state index in [4.69, 9.17) is 9.47 Å². The van der Waals surface area contributed by atoms with E-state index in [1.165, 1.54) is 11.3 Å². The van der Waals surface area contributed by atoms with Crippen molar-refractivity contribution in [3.63, 3.8) is 0 Å². The molecule has 3 rings (SSSR count). The summed E-state index contributed by atoms with van der Waals surface area (Å²) >= 11 is 1.46. The van der Waals surface area contributed by atoms with Gasteiger partial charge in [0.25, 0.3) is 0 Å². The quantitative estimate of drug-likeness (QED) is 0.520. The van der Waals surface area contributed by atoms with Crippen molar-refractivity contribution in [2.75, 3.05) is 37.9 Å². The molecule has 0 bridgehead atoms. The second kappa shape index (κ2) is 11.5. The molecule has 1 heterocycles. The Bertz CT molecular complexity index is 1030. The molecule has 184 valence electrons. The third-order valence-corrected chi connectivity index (χ3v) is 7.21. The zero-order valence-electron chi connectivity index (χ0n) is 20.4. The van der Waals surface area contributed by atoms with Crippen LogP contribution in [0.15, 0.2) is 24.3 Å². The fourth-order valence-corrected chi connectivity index (χ4v) is 5.31. The molecule has 2 atom stereocenters. The summed E-state index contributed by atoms with van der Waals surface area (Å²) in [6.45, 7) is 6.00. The summed E-state index contributed by atoms with van der Waals surface area (Å²) in [5.41, 5.74) is 2.12. The van der Waals surface area contributed by atoms with Crippen LogP contribution in [0.1, 0.15) is 48.0 Å². The summed E-state index contributed by atoms with van der Waals surface area (Å²) in [6, 6.07) is 6.44. The number of anilines is 2. The van der Waals surface area contributed by atoms with Gasteiger partial charge in [0.1, 0.15) is 10.8 Å². The molecule has 0 fully saturated rings. The van der Waals surface area contributed by atoms with Gasteiger partial charge in [0.2, 0.25) is 11.8 Å². The Morgan fingerprint density at radius 1 is 1.21 bits per heavy atom. The maximum absolute atomic E-state index is 13.0. The third-order valence-electron chi connectivity index (χ3n) is 6.04. The number of fused-ring (bicyclic) bond motifs is 1. The van der Waals surface area contributed by atoms with Crippen LogP contribution in [-0.2, 0) is 27.2 Å². The molecule has 0 saturated heterocycles. The lowest BCUT2D eigenvalue weighted by Crippen LogP contribution is -2.43. The van der Waals surface area contributed by atoms with Gasteiger partial charge in [0.15, 0.2) is 0 Å². The molecule has 2 aromatic rings. The Labute approximate surface area is 204 Å². The zero-order chi connectivity index (χ0) is 24.8. The summed E-state index contributed by atoms with van der Waals surface area (Å²) in [4.78, 5) is 41.0. The van der Waals surface area contributed by atoms with Crippen molar-refractivity contribution < 1.29 is 23.9 Å². The number of hydrogen-bond donors (Lipinski definition) is 2. The predicted molar refractivity (Wildman–Crippen MR) is 134 cm³/mol. The molecular weight excluding hydrogens is 454 g/mol. The van der Waals surface area contributed by atoms with Gasteiger partial charge in [-0.25, -0.2) is 4.79 Å². The Kier molecular flexibility index (Phi) is 8.68. The van der Waals surface area contributed by atoms with Gasteiger partial charge in [-0.1, -0.05) is 6.92 Å². The fraction of sp³-hybridized carbons (Fsp3) is 0.480. The van der Waals surface area contributed by atoms with Crippen LogP contribution in [0.3, 0.4) is 0 Å². The van der Waals surface area contributed by atoms with Crippen molar-refractivity contribution in [2.45, 2.75) is 46.1 Å². The van der Waals surface area contributed by atoms with Gasteiger partial charge < -0.3 is 20.1 Å². The van der Waals surface area contributed by atoms with Crippen LogP contribution in [0.4, 0.5) is 10.7 Å². The number of nitrogens with one attached hydrogen (secondary N) is 2. The minimum atomic E-state index is -0.588. The minimum Gasteiger partial charge on any atom is -0.497 e. The van der Waals surface area contributed by atoms with Crippen molar-refractivity contribution in [3.05, 3.63) is 40.3 Å². The number of nitrogens with zero attached hydrogens (tertiary/aromatic N) is 1. The highest BCUT2D eigenvalue weighted by molar-refractivity contribution is 7.17. The van der Waals surface area contributed by atoms with Gasteiger partial charge in [0, 0.05) is 10.6 Å². The van der Waals surface area contributed by atoms with E-state index >= 15 is 0 Å². The minimum absolute atomic E-state index is 0.0316. The first kappa shape index (κ1) is 25.7. The van der Waals surface area contributed by atoms with E-state index in [9.17, 15) is 14.4 Å². The van der Waals surface area contributed by atoms with Gasteiger partial charge >= 0.3 is 5.97 Å². The van der Waals surface area contributed by atoms with E-state index in [1.807, 2.05) is 0 Å². The van der Waals surface area contributed by atoms with Crippen LogP contribution < -0.4 is 15.4 Å².